The van der Waals surface area contributed by atoms with Crippen molar-refractivity contribution >= 4 is 11.6 Å². The summed E-state index contributed by atoms with van der Waals surface area (Å²) in [5.41, 5.74) is 0. The van der Waals surface area contributed by atoms with Gasteiger partial charge in [-0.1, -0.05) is 19.6 Å². The Morgan fingerprint density at radius 3 is 1.33 bits per heavy atom. The van der Waals surface area contributed by atoms with Gasteiger partial charge in [0.1, 0.15) is 11.6 Å². The van der Waals surface area contributed by atoms with E-state index in [-0.39, 0.29) is 7.43 Å². The van der Waals surface area contributed by atoms with Crippen LogP contribution in [-0.4, -0.2) is 85.2 Å². The third-order valence-electron chi connectivity index (χ3n) is 5.42. The zero-order valence-electron chi connectivity index (χ0n) is 15.4. The van der Waals surface area contributed by atoms with Crippen molar-refractivity contribution in [3.8, 4) is 0 Å². The number of hydrogen-bond acceptors (Lipinski definition) is 6. The number of rotatable bonds is 5. The molecule has 0 bridgehead atoms. The van der Waals surface area contributed by atoms with Crippen LogP contribution in [0.25, 0.3) is 0 Å². The van der Waals surface area contributed by atoms with Crippen LogP contribution in [0.3, 0.4) is 0 Å². The highest BCUT2D eigenvalue weighted by molar-refractivity contribution is 5.39. The number of nitrogens with zero attached hydrogens (tertiary/aromatic N) is 6. The van der Waals surface area contributed by atoms with Gasteiger partial charge in [-0.2, -0.15) is 0 Å². The number of aromatic nitrogens is 2. The summed E-state index contributed by atoms with van der Waals surface area (Å²) in [6, 6.07) is 12.3. The minimum absolute atomic E-state index is 0. The molecule has 0 unspecified atom stereocenters. The molecule has 146 valence electrons. The monoisotopic (exact) mass is 368 g/mol. The van der Waals surface area contributed by atoms with Crippen molar-refractivity contribution in [3.63, 3.8) is 0 Å². The lowest BCUT2D eigenvalue weighted by Crippen LogP contribution is -2.51. The molecule has 2 saturated heterocycles. The summed E-state index contributed by atoms with van der Waals surface area (Å²) in [7, 11) is 0. The smallest absolute Gasteiger partial charge is 0.128 e. The Morgan fingerprint density at radius 1 is 0.593 bits per heavy atom. The third-order valence-corrected chi connectivity index (χ3v) is 5.42. The lowest BCUT2D eigenvalue weighted by Gasteiger charge is -2.38. The Hall–Kier alpha value is -2.18. The van der Waals surface area contributed by atoms with E-state index in [1.54, 1.807) is 0 Å². The first-order chi connectivity index (χ1) is 12.9. The highest BCUT2D eigenvalue weighted by Gasteiger charge is 2.21. The van der Waals surface area contributed by atoms with E-state index in [1.807, 2.05) is 24.5 Å². The summed E-state index contributed by atoms with van der Waals surface area (Å²) in [6.07, 6.45) is 3.76. The van der Waals surface area contributed by atoms with Crippen LogP contribution in [-0.2, 0) is 0 Å². The van der Waals surface area contributed by atoms with Crippen molar-refractivity contribution < 1.29 is 0 Å². The predicted molar refractivity (Wildman–Crippen MR) is 113 cm³/mol. The molecule has 4 heterocycles. The van der Waals surface area contributed by atoms with Crippen molar-refractivity contribution in [1.29, 1.82) is 0 Å². The lowest BCUT2D eigenvalue weighted by atomic mass is 10.2. The highest BCUT2D eigenvalue weighted by Crippen LogP contribution is 2.14. The fourth-order valence-electron chi connectivity index (χ4n) is 3.77. The highest BCUT2D eigenvalue weighted by atomic mass is 15.3. The standard InChI is InChI=1S/C20H28N6.CH4/c1-3-7-21-19(5-1)25-15-11-23(12-16-25)9-10-24-13-17-26(18-14-24)20-6-2-4-8-22-20;/h1-8H,9-18H2;1H4. The fraction of sp³-hybridized carbons (Fsp3) is 0.524. The number of pyridine rings is 2. The van der Waals surface area contributed by atoms with E-state index in [0.717, 1.165) is 64.0 Å². The van der Waals surface area contributed by atoms with Crippen LogP contribution >= 0.6 is 0 Å². The second-order valence-electron chi connectivity index (χ2n) is 7.03. The van der Waals surface area contributed by atoms with Crippen LogP contribution in [0.1, 0.15) is 7.43 Å². The maximum atomic E-state index is 4.47. The van der Waals surface area contributed by atoms with Gasteiger partial charge in [0.05, 0.1) is 0 Å². The number of anilines is 2. The van der Waals surface area contributed by atoms with Crippen LogP contribution < -0.4 is 9.80 Å². The zero-order valence-corrected chi connectivity index (χ0v) is 15.4. The summed E-state index contributed by atoms with van der Waals surface area (Å²) in [6.45, 7) is 11.1. The number of hydrogen-bond donors (Lipinski definition) is 0. The Balaban J connectivity index is 0.00000210. The van der Waals surface area contributed by atoms with Crippen LogP contribution in [0.15, 0.2) is 48.8 Å². The SMILES string of the molecule is C.c1ccc(N2CCN(CCN3CCN(c4ccccn4)CC3)CC2)nc1. The van der Waals surface area contributed by atoms with Crippen LogP contribution in [0.5, 0.6) is 0 Å². The van der Waals surface area contributed by atoms with Crippen molar-refractivity contribution in [1.82, 2.24) is 19.8 Å². The van der Waals surface area contributed by atoms with E-state index in [1.165, 1.54) is 13.1 Å². The van der Waals surface area contributed by atoms with E-state index in [4.69, 9.17) is 0 Å². The molecule has 27 heavy (non-hydrogen) atoms. The largest absolute Gasteiger partial charge is 0.354 e. The van der Waals surface area contributed by atoms with Gasteiger partial charge >= 0.3 is 0 Å². The first-order valence-electron chi connectivity index (χ1n) is 9.65. The van der Waals surface area contributed by atoms with E-state index >= 15 is 0 Å². The van der Waals surface area contributed by atoms with Gasteiger partial charge < -0.3 is 9.80 Å². The topological polar surface area (TPSA) is 38.7 Å². The van der Waals surface area contributed by atoms with Gasteiger partial charge in [0.25, 0.3) is 0 Å². The van der Waals surface area contributed by atoms with Crippen molar-refractivity contribution in [2.24, 2.45) is 0 Å². The predicted octanol–water partition coefficient (Wildman–Crippen LogP) is 2.06. The summed E-state index contributed by atoms with van der Waals surface area (Å²) in [5, 5.41) is 0. The van der Waals surface area contributed by atoms with Gasteiger partial charge in [-0.05, 0) is 24.3 Å². The molecule has 2 fully saturated rings. The maximum Gasteiger partial charge on any atom is 0.128 e. The molecule has 0 amide bonds. The van der Waals surface area contributed by atoms with Crippen LogP contribution in [0.4, 0.5) is 11.6 Å². The average molecular weight is 369 g/mol. The fourth-order valence-corrected chi connectivity index (χ4v) is 3.77. The normalized spacial score (nSPS) is 19.0. The Kier molecular flexibility index (Phi) is 7.01. The molecule has 2 aliphatic rings. The summed E-state index contributed by atoms with van der Waals surface area (Å²) in [4.78, 5) is 18.9. The molecular weight excluding hydrogens is 336 g/mol. The number of piperazine rings is 2. The first-order valence-corrected chi connectivity index (χ1v) is 9.65. The molecule has 2 aliphatic heterocycles. The van der Waals surface area contributed by atoms with Gasteiger partial charge in [0.15, 0.2) is 0 Å². The summed E-state index contributed by atoms with van der Waals surface area (Å²) in [5.74, 6) is 2.22. The van der Waals surface area contributed by atoms with Crippen molar-refractivity contribution in [2.45, 2.75) is 7.43 Å². The van der Waals surface area contributed by atoms with E-state index in [0.29, 0.717) is 0 Å². The zero-order chi connectivity index (χ0) is 17.6. The average Bonchev–Trinajstić information content (AvgIpc) is 2.74. The molecule has 0 aromatic carbocycles. The minimum atomic E-state index is 0. The Bertz CT molecular complexity index is 589. The molecule has 2 aromatic heterocycles. The Morgan fingerprint density at radius 2 is 1.00 bits per heavy atom. The molecule has 6 heteroatoms. The Labute approximate surface area is 163 Å². The quantitative estimate of drug-likeness (QED) is 0.804. The van der Waals surface area contributed by atoms with Crippen LogP contribution in [0, 0.1) is 0 Å². The van der Waals surface area contributed by atoms with Gasteiger partial charge in [0, 0.05) is 77.8 Å². The molecule has 0 saturated carbocycles. The second-order valence-corrected chi connectivity index (χ2v) is 7.03. The van der Waals surface area contributed by atoms with Gasteiger partial charge in [-0.3, -0.25) is 9.80 Å². The molecular formula is C21H32N6. The summed E-state index contributed by atoms with van der Waals surface area (Å²) >= 11 is 0. The molecule has 0 aliphatic carbocycles. The molecule has 2 aromatic rings. The van der Waals surface area contributed by atoms with Gasteiger partial charge in [-0.15, -0.1) is 0 Å². The van der Waals surface area contributed by atoms with Gasteiger partial charge in [-0.25, -0.2) is 9.97 Å². The van der Waals surface area contributed by atoms with Crippen LogP contribution in [0.2, 0.25) is 0 Å². The molecule has 0 N–H and O–H groups in total. The molecule has 0 spiro atoms. The van der Waals surface area contributed by atoms with Crippen molar-refractivity contribution in [2.75, 3.05) is 75.2 Å². The molecule has 0 atom stereocenters. The lowest BCUT2D eigenvalue weighted by molar-refractivity contribution is 0.190. The van der Waals surface area contributed by atoms with Crippen molar-refractivity contribution in [3.05, 3.63) is 48.8 Å². The maximum absolute atomic E-state index is 4.47. The van der Waals surface area contributed by atoms with E-state index in [2.05, 4.69) is 53.8 Å². The molecule has 6 nitrogen and oxygen atoms in total. The van der Waals surface area contributed by atoms with E-state index < -0.39 is 0 Å². The third kappa shape index (κ3) is 5.17. The molecule has 4 rings (SSSR count). The minimum Gasteiger partial charge on any atom is -0.354 e. The summed E-state index contributed by atoms with van der Waals surface area (Å²) < 4.78 is 0. The van der Waals surface area contributed by atoms with E-state index in [9.17, 15) is 0 Å². The second kappa shape index (κ2) is 9.67. The van der Waals surface area contributed by atoms with Gasteiger partial charge in [0.2, 0.25) is 0 Å². The first kappa shape index (κ1) is 19.6. The molecule has 0 radical (unpaired) electrons.